The Kier molecular flexibility index (Phi) is 8.25. The van der Waals surface area contributed by atoms with Crippen LogP contribution in [0.1, 0.15) is 36.3 Å². The highest BCUT2D eigenvalue weighted by Crippen LogP contribution is 2.34. The fourth-order valence-corrected chi connectivity index (χ4v) is 7.67. The van der Waals surface area contributed by atoms with Gasteiger partial charge in [-0.25, -0.2) is 23.3 Å². The van der Waals surface area contributed by atoms with Crippen molar-refractivity contribution in [3.05, 3.63) is 71.0 Å². The van der Waals surface area contributed by atoms with Crippen molar-refractivity contribution >= 4 is 57.2 Å². The summed E-state index contributed by atoms with van der Waals surface area (Å²) in [6.07, 6.45) is 5.13. The molecule has 1 unspecified atom stereocenters. The molecule has 14 heteroatoms. The van der Waals surface area contributed by atoms with Crippen LogP contribution in [0.4, 0.5) is 16.6 Å². The molecule has 12 nitrogen and oxygen atoms in total. The van der Waals surface area contributed by atoms with Crippen LogP contribution in [0.5, 0.6) is 0 Å². The minimum atomic E-state index is -1.22. The Labute approximate surface area is 268 Å². The number of halogens is 1. The number of nitrogens with one attached hydrogen (secondary N) is 2. The molecule has 1 atom stereocenters. The summed E-state index contributed by atoms with van der Waals surface area (Å²) in [5.41, 5.74) is 3.35. The molecule has 234 valence electrons. The number of benzene rings is 2. The highest BCUT2D eigenvalue weighted by atomic mass is 35.5. The van der Waals surface area contributed by atoms with Gasteiger partial charge >= 0.3 is 6.03 Å². The Balaban J connectivity index is 0.933. The van der Waals surface area contributed by atoms with E-state index in [0.29, 0.717) is 29.3 Å². The smallest absolute Gasteiger partial charge is 0.329 e. The van der Waals surface area contributed by atoms with Gasteiger partial charge in [-0.3, -0.25) is 24.6 Å². The molecule has 4 aromatic rings. The lowest BCUT2D eigenvalue weighted by Gasteiger charge is -2.39. The number of fused-ring (bicyclic) bond motifs is 1. The third-order valence-corrected chi connectivity index (χ3v) is 10.4. The summed E-state index contributed by atoms with van der Waals surface area (Å²) in [5, 5.41) is 11.7. The molecule has 0 bridgehead atoms. The fourth-order valence-electron chi connectivity index (χ4n) is 6.28. The van der Waals surface area contributed by atoms with Gasteiger partial charge in [-0.2, -0.15) is 5.10 Å². The van der Waals surface area contributed by atoms with E-state index >= 15 is 0 Å². The summed E-state index contributed by atoms with van der Waals surface area (Å²) in [4.78, 5) is 37.2. The second-order valence-corrected chi connectivity index (χ2v) is 13.8. The molecule has 3 aliphatic heterocycles. The summed E-state index contributed by atoms with van der Waals surface area (Å²) in [6, 6.07) is 14.2. The molecule has 7 rings (SSSR count). The Hall–Kier alpha value is -3.91. The predicted octanol–water partition coefficient (Wildman–Crippen LogP) is 3.66. The van der Waals surface area contributed by atoms with Crippen molar-refractivity contribution in [2.75, 3.05) is 42.9 Å². The van der Waals surface area contributed by atoms with Crippen LogP contribution in [0, 0.1) is 0 Å². The Bertz CT molecular complexity index is 1770. The number of hydrogen-bond donors (Lipinski definition) is 2. The summed E-state index contributed by atoms with van der Waals surface area (Å²) >= 11 is 5.88. The summed E-state index contributed by atoms with van der Waals surface area (Å²) in [6.45, 7) is 4.43. The molecule has 3 fully saturated rings. The molecule has 3 saturated heterocycles. The SMILES string of the molecule is Cn1nc(N2CCC(=O)NC2=O)c2ccc(C3CN(Cc4cccc(S(=O)N5CCC(Nc6ncc(Cl)cn6)CC5)c4)C3)cc21. The highest BCUT2D eigenvalue weighted by Gasteiger charge is 2.31. The molecule has 3 aliphatic rings. The van der Waals surface area contributed by atoms with Crippen LogP contribution < -0.4 is 15.5 Å². The average Bonchev–Trinajstić information content (AvgIpc) is 3.35. The van der Waals surface area contributed by atoms with Gasteiger partial charge in [0.1, 0.15) is 11.0 Å². The number of nitrogens with zero attached hydrogens (tertiary/aromatic N) is 7. The summed E-state index contributed by atoms with van der Waals surface area (Å²) in [7, 11) is 0.662. The lowest BCUT2D eigenvalue weighted by molar-refractivity contribution is -0.120. The number of anilines is 2. The second-order valence-electron chi connectivity index (χ2n) is 11.8. The topological polar surface area (TPSA) is 129 Å². The van der Waals surface area contributed by atoms with Crippen molar-refractivity contribution in [1.82, 2.24) is 34.3 Å². The number of aryl methyl sites for hydroxylation is 1. The molecule has 3 amide bonds. The first-order valence-corrected chi connectivity index (χ1v) is 16.6. The van der Waals surface area contributed by atoms with Crippen LogP contribution in [-0.4, -0.2) is 83.9 Å². The fraction of sp³-hybridized carbons (Fsp3) is 0.387. The zero-order valence-electron chi connectivity index (χ0n) is 24.9. The van der Waals surface area contributed by atoms with E-state index in [1.54, 1.807) is 17.1 Å². The minimum Gasteiger partial charge on any atom is -0.351 e. The normalized spacial score (nSPS) is 19.5. The van der Waals surface area contributed by atoms with Crippen molar-refractivity contribution in [3.8, 4) is 0 Å². The Morgan fingerprint density at radius 1 is 1.04 bits per heavy atom. The standard InChI is InChI=1S/C31H34ClN9O3S/c1-38-27-14-21(5-6-26(27)29(37-38)41-12-9-28(42)36-31(41)43)22-18-39(19-22)17-20-3-2-4-25(13-20)45(44)40-10-7-24(8-11-40)35-30-33-15-23(32)16-34-30/h2-6,13-16,22,24H,7-12,17-19H2,1H3,(H,33,34,35)(H,36,42,43). The first kappa shape index (κ1) is 29.8. The van der Waals surface area contributed by atoms with E-state index in [4.69, 9.17) is 11.6 Å². The third-order valence-electron chi connectivity index (χ3n) is 8.74. The number of amides is 3. The number of rotatable bonds is 8. The van der Waals surface area contributed by atoms with Gasteiger partial charge < -0.3 is 5.32 Å². The van der Waals surface area contributed by atoms with Crippen molar-refractivity contribution in [3.63, 3.8) is 0 Å². The zero-order chi connectivity index (χ0) is 31.1. The maximum absolute atomic E-state index is 13.4. The van der Waals surface area contributed by atoms with Gasteiger partial charge in [0.2, 0.25) is 11.9 Å². The van der Waals surface area contributed by atoms with Crippen molar-refractivity contribution in [2.24, 2.45) is 7.05 Å². The first-order valence-electron chi connectivity index (χ1n) is 15.1. The molecule has 2 aromatic carbocycles. The number of aromatic nitrogens is 4. The molecule has 0 spiro atoms. The van der Waals surface area contributed by atoms with E-state index in [0.717, 1.165) is 66.9 Å². The number of piperidine rings is 1. The van der Waals surface area contributed by atoms with Crippen molar-refractivity contribution < 1.29 is 13.8 Å². The second kappa shape index (κ2) is 12.5. The van der Waals surface area contributed by atoms with Gasteiger partial charge in [-0.1, -0.05) is 29.8 Å². The summed E-state index contributed by atoms with van der Waals surface area (Å²) < 4.78 is 17.3. The molecule has 5 heterocycles. The van der Waals surface area contributed by atoms with E-state index in [9.17, 15) is 13.8 Å². The van der Waals surface area contributed by atoms with Crippen molar-refractivity contribution in [2.45, 2.75) is 42.7 Å². The van der Waals surface area contributed by atoms with Crippen LogP contribution in [0.2, 0.25) is 5.02 Å². The molecular weight excluding hydrogens is 614 g/mol. The van der Waals surface area contributed by atoms with Crippen LogP contribution >= 0.6 is 11.6 Å². The van der Waals surface area contributed by atoms with Crippen LogP contribution in [-0.2, 0) is 29.4 Å². The number of carbonyl (C=O) groups is 2. The number of urea groups is 1. The van der Waals surface area contributed by atoms with Gasteiger partial charge in [-0.15, -0.1) is 0 Å². The zero-order valence-corrected chi connectivity index (χ0v) is 26.4. The quantitative estimate of drug-likeness (QED) is 0.297. The maximum Gasteiger partial charge on any atom is 0.329 e. The van der Waals surface area contributed by atoms with Crippen LogP contribution in [0.25, 0.3) is 10.9 Å². The molecule has 2 aromatic heterocycles. The molecular formula is C31H34ClN9O3S. The van der Waals surface area contributed by atoms with Gasteiger partial charge in [-0.05, 0) is 48.2 Å². The Morgan fingerprint density at radius 2 is 1.82 bits per heavy atom. The number of hydrogen-bond acceptors (Lipinski definition) is 8. The first-order chi connectivity index (χ1) is 21.8. The number of carbonyl (C=O) groups excluding carboxylic acids is 2. The van der Waals surface area contributed by atoms with E-state index in [1.165, 1.54) is 10.5 Å². The van der Waals surface area contributed by atoms with Crippen molar-refractivity contribution in [1.29, 1.82) is 0 Å². The van der Waals surface area contributed by atoms with Gasteiger partial charge in [0.05, 0.1) is 27.8 Å². The minimum absolute atomic E-state index is 0.230. The van der Waals surface area contributed by atoms with Gasteiger partial charge in [0, 0.05) is 70.1 Å². The highest BCUT2D eigenvalue weighted by molar-refractivity contribution is 7.82. The number of likely N-dealkylation sites (tertiary alicyclic amines) is 1. The lowest BCUT2D eigenvalue weighted by Crippen LogP contribution is -2.49. The lowest BCUT2D eigenvalue weighted by atomic mass is 9.90. The third kappa shape index (κ3) is 6.30. The van der Waals surface area contributed by atoms with Crippen LogP contribution in [0.15, 0.2) is 59.8 Å². The molecule has 0 radical (unpaired) electrons. The largest absolute Gasteiger partial charge is 0.351 e. The van der Waals surface area contributed by atoms with E-state index in [2.05, 4.69) is 54.9 Å². The van der Waals surface area contributed by atoms with Crippen LogP contribution in [0.3, 0.4) is 0 Å². The molecule has 2 N–H and O–H groups in total. The summed E-state index contributed by atoms with van der Waals surface area (Å²) in [5.74, 6) is 1.28. The predicted molar refractivity (Wildman–Crippen MR) is 172 cm³/mol. The maximum atomic E-state index is 13.4. The monoisotopic (exact) mass is 647 g/mol. The van der Waals surface area contributed by atoms with E-state index < -0.39 is 17.0 Å². The van der Waals surface area contributed by atoms with Gasteiger partial charge in [0.25, 0.3) is 0 Å². The van der Waals surface area contributed by atoms with E-state index in [1.807, 2.05) is 29.6 Å². The Morgan fingerprint density at radius 3 is 2.58 bits per heavy atom. The van der Waals surface area contributed by atoms with Gasteiger partial charge in [0.15, 0.2) is 5.82 Å². The molecule has 0 aliphatic carbocycles. The molecule has 0 saturated carbocycles. The molecule has 45 heavy (non-hydrogen) atoms. The average molecular weight is 648 g/mol. The van der Waals surface area contributed by atoms with E-state index in [-0.39, 0.29) is 18.4 Å². The number of imide groups is 1.